The molecule has 1 aromatic rings. The lowest BCUT2D eigenvalue weighted by molar-refractivity contribution is -0.173. The van der Waals surface area contributed by atoms with E-state index < -0.39 is 0 Å². The molecule has 3 rings (SSSR count). The third-order valence-corrected chi connectivity index (χ3v) is 4.32. The first kappa shape index (κ1) is 12.7. The lowest BCUT2D eigenvalue weighted by Gasteiger charge is -2.42. The van der Waals surface area contributed by atoms with Crippen molar-refractivity contribution in [2.45, 2.75) is 50.2 Å². The normalized spacial score (nSPS) is 26.1. The zero-order valence-electron chi connectivity index (χ0n) is 11.2. The summed E-state index contributed by atoms with van der Waals surface area (Å²) in [7, 11) is 0. The second-order valence-corrected chi connectivity index (χ2v) is 5.79. The van der Waals surface area contributed by atoms with Crippen molar-refractivity contribution < 1.29 is 9.53 Å². The first-order valence-corrected chi connectivity index (χ1v) is 7.28. The van der Waals surface area contributed by atoms with Gasteiger partial charge in [-0.05, 0) is 37.7 Å². The molecule has 1 spiro atoms. The van der Waals surface area contributed by atoms with Crippen molar-refractivity contribution in [1.82, 2.24) is 5.32 Å². The molecule has 0 radical (unpaired) electrons. The van der Waals surface area contributed by atoms with E-state index in [1.54, 1.807) is 0 Å². The Kier molecular flexibility index (Phi) is 3.56. The molecule has 102 valence electrons. The summed E-state index contributed by atoms with van der Waals surface area (Å²) in [6.45, 7) is 0.816. The highest BCUT2D eigenvalue weighted by atomic mass is 16.6. The summed E-state index contributed by atoms with van der Waals surface area (Å²) in [5.41, 5.74) is 0.972. The van der Waals surface area contributed by atoms with Gasteiger partial charge in [0.1, 0.15) is 11.6 Å². The van der Waals surface area contributed by atoms with Crippen LogP contribution >= 0.6 is 0 Å². The molecule has 1 saturated heterocycles. The highest BCUT2D eigenvalue weighted by Gasteiger charge is 2.42. The van der Waals surface area contributed by atoms with Gasteiger partial charge in [-0.1, -0.05) is 36.8 Å². The molecule has 0 amide bonds. The molecule has 2 aliphatic rings. The van der Waals surface area contributed by atoms with Crippen LogP contribution in [-0.4, -0.2) is 24.2 Å². The number of nitrogens with one attached hydrogen (secondary N) is 1. The van der Waals surface area contributed by atoms with Gasteiger partial charge in [-0.3, -0.25) is 4.79 Å². The van der Waals surface area contributed by atoms with E-state index in [0.29, 0.717) is 0 Å². The highest BCUT2D eigenvalue weighted by molar-refractivity contribution is 5.77. The monoisotopic (exact) mass is 259 g/mol. The van der Waals surface area contributed by atoms with Crippen LogP contribution in [0.15, 0.2) is 30.3 Å². The van der Waals surface area contributed by atoms with Gasteiger partial charge in [0, 0.05) is 6.54 Å². The average Bonchev–Trinajstić information content (AvgIpc) is 2.44. The van der Waals surface area contributed by atoms with Gasteiger partial charge in [0.25, 0.3) is 0 Å². The molecule has 3 nitrogen and oxygen atoms in total. The number of ether oxygens (including phenoxy) is 1. The van der Waals surface area contributed by atoms with Gasteiger partial charge in [-0.25, -0.2) is 0 Å². The lowest BCUT2D eigenvalue weighted by Crippen LogP contribution is -2.58. The van der Waals surface area contributed by atoms with Crippen LogP contribution in [-0.2, 0) is 16.0 Å². The Morgan fingerprint density at radius 2 is 1.89 bits per heavy atom. The molecule has 1 aliphatic heterocycles. The van der Waals surface area contributed by atoms with E-state index in [2.05, 4.69) is 17.4 Å². The first-order chi connectivity index (χ1) is 9.27. The minimum Gasteiger partial charge on any atom is -0.457 e. The first-order valence-electron chi connectivity index (χ1n) is 7.28. The zero-order chi connectivity index (χ0) is 13.1. The second kappa shape index (κ2) is 5.33. The Morgan fingerprint density at radius 1 is 1.16 bits per heavy atom. The summed E-state index contributed by atoms with van der Waals surface area (Å²) in [4.78, 5) is 12.2. The smallest absolute Gasteiger partial charge is 0.324 e. The lowest BCUT2D eigenvalue weighted by atomic mass is 9.83. The topological polar surface area (TPSA) is 38.3 Å². The van der Waals surface area contributed by atoms with E-state index in [4.69, 9.17) is 4.74 Å². The van der Waals surface area contributed by atoms with Gasteiger partial charge >= 0.3 is 5.97 Å². The van der Waals surface area contributed by atoms with Crippen molar-refractivity contribution in [2.24, 2.45) is 0 Å². The molecule has 19 heavy (non-hydrogen) atoms. The number of hydrogen-bond acceptors (Lipinski definition) is 3. The molecule has 0 aromatic heterocycles. The standard InChI is InChI=1S/C16H21NO2/c18-15-14(11-13-7-3-1-4-8-13)17-12-16(19-15)9-5-2-6-10-16/h1,3-4,7-8,14,17H,2,5-6,9-12H2/t14-/m0/s1. The molecule has 1 aliphatic carbocycles. The predicted molar refractivity (Wildman–Crippen MR) is 73.8 cm³/mol. The fraction of sp³-hybridized carbons (Fsp3) is 0.562. The number of benzene rings is 1. The van der Waals surface area contributed by atoms with E-state index in [1.807, 2.05) is 18.2 Å². The molecule has 0 unspecified atom stereocenters. The van der Waals surface area contributed by atoms with E-state index in [9.17, 15) is 4.79 Å². The summed E-state index contributed by atoms with van der Waals surface area (Å²) in [6.07, 6.45) is 6.38. The Labute approximate surface area is 114 Å². The van der Waals surface area contributed by atoms with Crippen molar-refractivity contribution >= 4 is 5.97 Å². The van der Waals surface area contributed by atoms with Crippen LogP contribution < -0.4 is 5.32 Å². The molecule has 1 saturated carbocycles. The Morgan fingerprint density at radius 3 is 2.58 bits per heavy atom. The molecular weight excluding hydrogens is 238 g/mol. The van der Waals surface area contributed by atoms with Crippen molar-refractivity contribution in [3.63, 3.8) is 0 Å². The van der Waals surface area contributed by atoms with Crippen LogP contribution in [0, 0.1) is 0 Å². The van der Waals surface area contributed by atoms with Crippen LogP contribution in [0.4, 0.5) is 0 Å². The Hall–Kier alpha value is -1.35. The van der Waals surface area contributed by atoms with Crippen LogP contribution in [0.2, 0.25) is 0 Å². The fourth-order valence-corrected chi connectivity index (χ4v) is 3.19. The number of hydrogen-bond donors (Lipinski definition) is 1. The third kappa shape index (κ3) is 2.81. The molecule has 0 bridgehead atoms. The largest absolute Gasteiger partial charge is 0.457 e. The van der Waals surface area contributed by atoms with Crippen LogP contribution in [0.1, 0.15) is 37.7 Å². The number of carbonyl (C=O) groups is 1. The minimum atomic E-state index is -0.206. The van der Waals surface area contributed by atoms with Crippen molar-refractivity contribution in [3.8, 4) is 0 Å². The van der Waals surface area contributed by atoms with Crippen molar-refractivity contribution in [1.29, 1.82) is 0 Å². The number of morpholine rings is 1. The summed E-state index contributed by atoms with van der Waals surface area (Å²) in [6, 6.07) is 9.93. The molecule has 1 atom stereocenters. The van der Waals surface area contributed by atoms with Gasteiger partial charge in [-0.15, -0.1) is 0 Å². The molecule has 2 fully saturated rings. The van der Waals surface area contributed by atoms with Gasteiger partial charge in [0.2, 0.25) is 0 Å². The van der Waals surface area contributed by atoms with Gasteiger partial charge < -0.3 is 10.1 Å². The minimum absolute atomic E-state index is 0.0722. The maximum atomic E-state index is 12.2. The van der Waals surface area contributed by atoms with Crippen molar-refractivity contribution in [3.05, 3.63) is 35.9 Å². The number of rotatable bonds is 2. The van der Waals surface area contributed by atoms with Crippen LogP contribution in [0.5, 0.6) is 0 Å². The summed E-state index contributed by atoms with van der Waals surface area (Å²) in [5.74, 6) is -0.0722. The van der Waals surface area contributed by atoms with Gasteiger partial charge in [0.05, 0.1) is 0 Å². The summed E-state index contributed by atoms with van der Waals surface area (Å²) < 4.78 is 5.80. The molecule has 1 aromatic carbocycles. The maximum absolute atomic E-state index is 12.2. The third-order valence-electron chi connectivity index (χ3n) is 4.32. The van der Waals surface area contributed by atoms with E-state index in [-0.39, 0.29) is 17.6 Å². The van der Waals surface area contributed by atoms with E-state index in [0.717, 1.165) is 25.8 Å². The molecule has 1 heterocycles. The molecular formula is C16H21NO2. The van der Waals surface area contributed by atoms with Crippen molar-refractivity contribution in [2.75, 3.05) is 6.54 Å². The highest BCUT2D eigenvalue weighted by Crippen LogP contribution is 2.33. The van der Waals surface area contributed by atoms with Gasteiger partial charge in [-0.2, -0.15) is 0 Å². The van der Waals surface area contributed by atoms with E-state index >= 15 is 0 Å². The summed E-state index contributed by atoms with van der Waals surface area (Å²) >= 11 is 0. The Bertz CT molecular complexity index is 437. The second-order valence-electron chi connectivity index (χ2n) is 5.79. The Balaban J connectivity index is 1.63. The van der Waals surface area contributed by atoms with E-state index in [1.165, 1.54) is 24.8 Å². The quantitative estimate of drug-likeness (QED) is 0.829. The average molecular weight is 259 g/mol. The van der Waals surface area contributed by atoms with Crippen LogP contribution in [0.25, 0.3) is 0 Å². The number of carbonyl (C=O) groups excluding carboxylic acids is 1. The predicted octanol–water partition coefficient (Wildman–Crippen LogP) is 2.45. The number of esters is 1. The molecule has 1 N–H and O–H groups in total. The summed E-state index contributed by atoms with van der Waals surface area (Å²) in [5, 5.41) is 3.40. The fourth-order valence-electron chi connectivity index (χ4n) is 3.19. The van der Waals surface area contributed by atoms with Gasteiger partial charge in [0.15, 0.2) is 0 Å². The molecule has 3 heteroatoms. The van der Waals surface area contributed by atoms with Crippen LogP contribution in [0.3, 0.4) is 0 Å². The SMILES string of the molecule is O=C1OC2(CCCCC2)CN[C@H]1Cc1ccccc1. The zero-order valence-corrected chi connectivity index (χ0v) is 11.2. The maximum Gasteiger partial charge on any atom is 0.324 e.